The van der Waals surface area contributed by atoms with Crippen LogP contribution in [0.5, 0.6) is 5.88 Å². The van der Waals surface area contributed by atoms with Crippen LogP contribution in [0.25, 0.3) is 0 Å². The van der Waals surface area contributed by atoms with E-state index in [9.17, 15) is 8.42 Å². The molecule has 1 atom stereocenters. The van der Waals surface area contributed by atoms with E-state index in [0.29, 0.717) is 25.5 Å². The van der Waals surface area contributed by atoms with E-state index >= 15 is 0 Å². The summed E-state index contributed by atoms with van der Waals surface area (Å²) >= 11 is 0. The maximum atomic E-state index is 12.5. The van der Waals surface area contributed by atoms with Crippen molar-refractivity contribution in [1.29, 1.82) is 0 Å². The average molecular weight is 285 g/mol. The number of nitrogens with zero attached hydrogens (tertiary/aromatic N) is 2. The summed E-state index contributed by atoms with van der Waals surface area (Å²) in [6.07, 6.45) is 3.17. The standard InChI is InChI=1S/C12H19N3O3S/c1-18-12-5-4-11(8-14-12)19(16,17)15-6-2-3-10(7-13)9-15/h4-5,8,10H,2-3,6-7,9,13H2,1H3. The summed E-state index contributed by atoms with van der Waals surface area (Å²) in [5.74, 6) is 0.646. The van der Waals surface area contributed by atoms with Gasteiger partial charge in [-0.1, -0.05) is 0 Å². The fourth-order valence-corrected chi connectivity index (χ4v) is 3.73. The van der Waals surface area contributed by atoms with Crippen LogP contribution in [0.4, 0.5) is 0 Å². The molecular weight excluding hydrogens is 266 g/mol. The lowest BCUT2D eigenvalue weighted by atomic mass is 10.0. The lowest BCUT2D eigenvalue weighted by molar-refractivity contribution is 0.271. The van der Waals surface area contributed by atoms with Gasteiger partial charge in [-0.2, -0.15) is 4.31 Å². The highest BCUT2D eigenvalue weighted by Crippen LogP contribution is 2.23. The van der Waals surface area contributed by atoms with Crippen molar-refractivity contribution in [3.05, 3.63) is 18.3 Å². The topological polar surface area (TPSA) is 85.5 Å². The third-order valence-electron chi connectivity index (χ3n) is 3.37. The molecule has 1 aliphatic rings. The molecule has 2 N–H and O–H groups in total. The molecule has 0 aromatic carbocycles. The molecule has 1 aliphatic heterocycles. The summed E-state index contributed by atoms with van der Waals surface area (Å²) in [4.78, 5) is 4.14. The molecule has 0 radical (unpaired) electrons. The van der Waals surface area contributed by atoms with Crippen molar-refractivity contribution in [2.45, 2.75) is 17.7 Å². The van der Waals surface area contributed by atoms with Crippen molar-refractivity contribution < 1.29 is 13.2 Å². The summed E-state index contributed by atoms with van der Waals surface area (Å²) in [6.45, 7) is 1.56. The van der Waals surface area contributed by atoms with Crippen molar-refractivity contribution in [2.75, 3.05) is 26.7 Å². The summed E-state index contributed by atoms with van der Waals surface area (Å²) < 4.78 is 31.3. The molecule has 0 amide bonds. The Kier molecular flexibility index (Phi) is 4.38. The SMILES string of the molecule is COc1ccc(S(=O)(=O)N2CCCC(CN)C2)cn1. The smallest absolute Gasteiger partial charge is 0.244 e. The second kappa shape index (κ2) is 5.85. The zero-order valence-electron chi connectivity index (χ0n) is 10.9. The Morgan fingerprint density at radius 3 is 2.89 bits per heavy atom. The van der Waals surface area contributed by atoms with Gasteiger partial charge < -0.3 is 10.5 Å². The number of ether oxygens (including phenoxy) is 1. The number of hydrogen-bond donors (Lipinski definition) is 1. The maximum absolute atomic E-state index is 12.5. The Labute approximate surface area is 113 Å². The van der Waals surface area contributed by atoms with Gasteiger partial charge >= 0.3 is 0 Å². The monoisotopic (exact) mass is 285 g/mol. The van der Waals surface area contributed by atoms with E-state index in [1.54, 1.807) is 6.07 Å². The molecule has 1 aromatic heterocycles. The maximum Gasteiger partial charge on any atom is 0.244 e. The Morgan fingerprint density at radius 1 is 1.53 bits per heavy atom. The minimum Gasteiger partial charge on any atom is -0.481 e. The van der Waals surface area contributed by atoms with Crippen molar-refractivity contribution in [3.8, 4) is 5.88 Å². The largest absolute Gasteiger partial charge is 0.481 e. The highest BCUT2D eigenvalue weighted by Gasteiger charge is 2.29. The Hall–Kier alpha value is -1.18. The lowest BCUT2D eigenvalue weighted by Crippen LogP contribution is -2.41. The predicted octanol–water partition coefficient (Wildman–Crippen LogP) is 0.450. The van der Waals surface area contributed by atoms with E-state index in [0.717, 1.165) is 12.8 Å². The van der Waals surface area contributed by atoms with Gasteiger partial charge in [0.15, 0.2) is 0 Å². The van der Waals surface area contributed by atoms with Crippen molar-refractivity contribution >= 4 is 10.0 Å². The van der Waals surface area contributed by atoms with Crippen molar-refractivity contribution in [1.82, 2.24) is 9.29 Å². The molecule has 106 valence electrons. The van der Waals surface area contributed by atoms with Gasteiger partial charge in [0.25, 0.3) is 0 Å². The Bertz CT molecular complexity index is 516. The number of aromatic nitrogens is 1. The highest BCUT2D eigenvalue weighted by atomic mass is 32.2. The first-order valence-corrected chi connectivity index (χ1v) is 7.72. The van der Waals surface area contributed by atoms with Crippen LogP contribution in [0.3, 0.4) is 0 Å². The number of sulfonamides is 1. The number of piperidine rings is 1. The Morgan fingerprint density at radius 2 is 2.32 bits per heavy atom. The molecule has 1 aromatic rings. The van der Waals surface area contributed by atoms with Gasteiger partial charge in [0.2, 0.25) is 15.9 Å². The summed E-state index contributed by atoms with van der Waals surface area (Å²) in [7, 11) is -1.98. The predicted molar refractivity (Wildman–Crippen MR) is 71.3 cm³/mol. The molecule has 6 nitrogen and oxygen atoms in total. The van der Waals surface area contributed by atoms with Gasteiger partial charge in [-0.15, -0.1) is 0 Å². The minimum atomic E-state index is -3.47. The second-order valence-electron chi connectivity index (χ2n) is 4.64. The third kappa shape index (κ3) is 3.05. The van der Waals surface area contributed by atoms with Gasteiger partial charge in [-0.05, 0) is 31.4 Å². The van der Waals surface area contributed by atoms with Gasteiger partial charge in [0, 0.05) is 19.2 Å². The second-order valence-corrected chi connectivity index (χ2v) is 6.58. The number of hydrogen-bond acceptors (Lipinski definition) is 5. The number of methoxy groups -OCH3 is 1. The van der Waals surface area contributed by atoms with E-state index in [2.05, 4.69) is 4.98 Å². The zero-order chi connectivity index (χ0) is 13.9. The quantitative estimate of drug-likeness (QED) is 0.868. The first-order chi connectivity index (χ1) is 9.07. The van der Waals surface area contributed by atoms with Crippen molar-refractivity contribution in [2.24, 2.45) is 11.7 Å². The summed E-state index contributed by atoms with van der Waals surface area (Å²) in [5, 5.41) is 0. The van der Waals surface area contributed by atoms with Crippen LogP contribution < -0.4 is 10.5 Å². The molecule has 0 bridgehead atoms. The van der Waals surface area contributed by atoms with Gasteiger partial charge in [-0.3, -0.25) is 0 Å². The molecular formula is C12H19N3O3S. The minimum absolute atomic E-state index is 0.200. The van der Waals surface area contributed by atoms with Crippen molar-refractivity contribution in [3.63, 3.8) is 0 Å². The summed E-state index contributed by atoms with van der Waals surface area (Å²) in [6, 6.07) is 3.07. The molecule has 1 saturated heterocycles. The van der Waals surface area contributed by atoms with Crippen LogP contribution in [0.15, 0.2) is 23.2 Å². The molecule has 1 fully saturated rings. The number of rotatable bonds is 4. The van der Waals surface area contributed by atoms with E-state index in [1.165, 1.54) is 23.7 Å². The zero-order valence-corrected chi connectivity index (χ0v) is 11.8. The molecule has 2 heterocycles. The van der Waals surface area contributed by atoms with Crippen LogP contribution in [0.2, 0.25) is 0 Å². The van der Waals surface area contributed by atoms with Gasteiger partial charge in [0.1, 0.15) is 4.90 Å². The van der Waals surface area contributed by atoms with Gasteiger partial charge in [0.05, 0.1) is 13.3 Å². The summed E-state index contributed by atoms with van der Waals surface area (Å²) in [5.41, 5.74) is 5.63. The molecule has 19 heavy (non-hydrogen) atoms. The first kappa shape index (κ1) is 14.2. The fraction of sp³-hybridized carbons (Fsp3) is 0.583. The van der Waals surface area contributed by atoms with E-state index in [1.807, 2.05) is 0 Å². The average Bonchev–Trinajstić information content (AvgIpc) is 2.47. The molecule has 7 heteroatoms. The molecule has 0 saturated carbocycles. The Balaban J connectivity index is 2.20. The van der Waals surface area contributed by atoms with Crippen LogP contribution >= 0.6 is 0 Å². The molecule has 0 aliphatic carbocycles. The van der Waals surface area contributed by atoms with Crippen LogP contribution in [-0.4, -0.2) is 44.5 Å². The van der Waals surface area contributed by atoms with E-state index < -0.39 is 10.0 Å². The number of nitrogens with two attached hydrogens (primary N) is 1. The fourth-order valence-electron chi connectivity index (χ4n) is 2.23. The van der Waals surface area contributed by atoms with Crippen LogP contribution in [-0.2, 0) is 10.0 Å². The first-order valence-electron chi connectivity index (χ1n) is 6.28. The number of pyridine rings is 1. The van der Waals surface area contributed by atoms with E-state index in [4.69, 9.17) is 10.5 Å². The van der Waals surface area contributed by atoms with Crippen LogP contribution in [0.1, 0.15) is 12.8 Å². The molecule has 0 spiro atoms. The van der Waals surface area contributed by atoms with Gasteiger partial charge in [-0.25, -0.2) is 13.4 Å². The third-order valence-corrected chi connectivity index (χ3v) is 5.22. The normalized spacial score (nSPS) is 21.3. The molecule has 1 unspecified atom stereocenters. The lowest BCUT2D eigenvalue weighted by Gasteiger charge is -2.31. The molecule has 2 rings (SSSR count). The highest BCUT2D eigenvalue weighted by molar-refractivity contribution is 7.89. The van der Waals surface area contributed by atoms with Crippen LogP contribution in [0, 0.1) is 5.92 Å². The van der Waals surface area contributed by atoms with E-state index in [-0.39, 0.29) is 10.8 Å².